The SMILES string of the molecule is CC1=C(C)N(C(C)C(=O)O)C(=O)C2c3ccc(O)cc3CCN12.COC(=O)C(C)N(C(=O)C1CCCc2cc(O)ccc21)C(C)C(C)=O.COC(=O)C(C)NC(C)C(C)=O. The van der Waals surface area contributed by atoms with Gasteiger partial charge in [-0.05, 0) is 135 Å². The minimum atomic E-state index is -1.03. The van der Waals surface area contributed by atoms with E-state index >= 15 is 0 Å². The van der Waals surface area contributed by atoms with Crippen molar-refractivity contribution in [1.29, 1.82) is 0 Å². The molecule has 7 unspecified atom stereocenters. The van der Waals surface area contributed by atoms with Crippen LogP contribution in [0.5, 0.6) is 11.5 Å². The summed E-state index contributed by atoms with van der Waals surface area (Å²) in [5, 5.41) is 31.5. The van der Waals surface area contributed by atoms with Crippen LogP contribution in [-0.4, -0.2) is 122 Å². The molecule has 2 heterocycles. The lowest BCUT2D eigenvalue weighted by Gasteiger charge is -2.47. The Balaban J connectivity index is 0.000000255. The van der Waals surface area contributed by atoms with Gasteiger partial charge < -0.3 is 34.6 Å². The van der Waals surface area contributed by atoms with E-state index in [1.54, 1.807) is 71.0 Å². The second kappa shape index (κ2) is 21.0. The van der Waals surface area contributed by atoms with Crippen molar-refractivity contribution >= 4 is 41.3 Å². The Kier molecular flexibility index (Phi) is 17.0. The van der Waals surface area contributed by atoms with Crippen molar-refractivity contribution in [1.82, 2.24) is 20.0 Å². The Morgan fingerprint density at radius 1 is 0.767 bits per heavy atom. The van der Waals surface area contributed by atoms with Gasteiger partial charge in [-0.3, -0.25) is 34.2 Å². The Labute approximate surface area is 351 Å². The monoisotopic (exact) mass is 836 g/mol. The highest BCUT2D eigenvalue weighted by Gasteiger charge is 2.44. The molecule has 3 aliphatic rings. The lowest BCUT2D eigenvalue weighted by Crippen LogP contribution is -2.54. The van der Waals surface area contributed by atoms with Gasteiger partial charge in [-0.1, -0.05) is 12.1 Å². The summed E-state index contributed by atoms with van der Waals surface area (Å²) in [5.41, 5.74) is 5.17. The Morgan fingerprint density at radius 3 is 1.83 bits per heavy atom. The number of nitrogens with zero attached hydrogens (tertiary/aromatic N) is 3. The number of aliphatic carboxylic acids is 1. The Hall–Kier alpha value is -5.77. The molecule has 0 fully saturated rings. The van der Waals surface area contributed by atoms with Crippen LogP contribution in [-0.2, 0) is 55.9 Å². The first-order valence-electron chi connectivity index (χ1n) is 20.0. The van der Waals surface area contributed by atoms with E-state index in [0.29, 0.717) is 18.7 Å². The Morgan fingerprint density at radius 2 is 1.32 bits per heavy atom. The van der Waals surface area contributed by atoms with Crippen molar-refractivity contribution in [3.63, 3.8) is 0 Å². The smallest absolute Gasteiger partial charge is 0.328 e. The molecule has 2 amide bonds. The quantitative estimate of drug-likeness (QED) is 0.234. The molecule has 0 saturated heterocycles. The zero-order valence-electron chi connectivity index (χ0n) is 36.4. The number of aromatic hydroxyl groups is 2. The number of ketones is 2. The summed E-state index contributed by atoms with van der Waals surface area (Å²) < 4.78 is 9.25. The Bertz CT molecular complexity index is 2000. The van der Waals surface area contributed by atoms with Crippen LogP contribution in [0.2, 0.25) is 0 Å². The van der Waals surface area contributed by atoms with Crippen LogP contribution in [0.4, 0.5) is 0 Å². The summed E-state index contributed by atoms with van der Waals surface area (Å²) in [4.78, 5) is 88.0. The molecule has 0 spiro atoms. The molecule has 16 nitrogen and oxygen atoms in total. The zero-order chi connectivity index (χ0) is 45.3. The molecule has 0 radical (unpaired) electrons. The fraction of sp³-hybridized carbons (Fsp3) is 0.523. The van der Waals surface area contributed by atoms with Gasteiger partial charge in [0.05, 0.1) is 32.2 Å². The van der Waals surface area contributed by atoms with Crippen molar-refractivity contribution in [3.05, 3.63) is 70.0 Å². The van der Waals surface area contributed by atoms with Crippen LogP contribution in [0.15, 0.2) is 47.8 Å². The van der Waals surface area contributed by atoms with Crippen molar-refractivity contribution in [2.24, 2.45) is 0 Å². The predicted octanol–water partition coefficient (Wildman–Crippen LogP) is 4.15. The number of hydrogen-bond donors (Lipinski definition) is 4. The highest BCUT2D eigenvalue weighted by molar-refractivity contribution is 5.94. The molecule has 1 aliphatic carbocycles. The van der Waals surface area contributed by atoms with Gasteiger partial charge in [-0.15, -0.1) is 0 Å². The van der Waals surface area contributed by atoms with Gasteiger partial charge in [0.2, 0.25) is 5.91 Å². The number of nitrogens with one attached hydrogen (secondary N) is 1. The number of carbonyl (C=O) groups is 7. The van der Waals surface area contributed by atoms with Gasteiger partial charge in [-0.25, -0.2) is 9.59 Å². The molecule has 0 saturated carbocycles. The number of fused-ring (bicyclic) bond motifs is 4. The number of aryl methyl sites for hydroxylation is 1. The highest BCUT2D eigenvalue weighted by Crippen LogP contribution is 2.41. The van der Waals surface area contributed by atoms with E-state index < -0.39 is 48.1 Å². The third-order valence-electron chi connectivity index (χ3n) is 11.5. The number of hydrogen-bond acceptors (Lipinski definition) is 13. The van der Waals surface area contributed by atoms with E-state index in [4.69, 9.17) is 4.74 Å². The van der Waals surface area contributed by atoms with Crippen molar-refractivity contribution < 1.29 is 58.4 Å². The molecule has 0 bridgehead atoms. The average Bonchev–Trinajstić information content (AvgIpc) is 3.21. The van der Waals surface area contributed by atoms with Crippen molar-refractivity contribution in [2.75, 3.05) is 20.8 Å². The molecule has 2 aromatic carbocycles. The fourth-order valence-electron chi connectivity index (χ4n) is 7.68. The van der Waals surface area contributed by atoms with Gasteiger partial charge in [0.15, 0.2) is 5.78 Å². The molecule has 5 rings (SSSR count). The molecule has 7 atom stereocenters. The van der Waals surface area contributed by atoms with Gasteiger partial charge >= 0.3 is 17.9 Å². The van der Waals surface area contributed by atoms with E-state index in [0.717, 1.165) is 47.2 Å². The first kappa shape index (κ1) is 48.6. The summed E-state index contributed by atoms with van der Waals surface area (Å²) in [6.07, 6.45) is 2.99. The summed E-state index contributed by atoms with van der Waals surface area (Å²) >= 11 is 0. The summed E-state index contributed by atoms with van der Waals surface area (Å²) in [5.74, 6) is -2.69. The molecule has 2 aliphatic heterocycles. The lowest BCUT2D eigenvalue weighted by molar-refractivity contribution is -0.156. The highest BCUT2D eigenvalue weighted by atomic mass is 16.5. The molecule has 4 N–H and O–H groups in total. The number of carboxylic acid groups (broad SMARTS) is 1. The zero-order valence-corrected chi connectivity index (χ0v) is 36.4. The van der Waals surface area contributed by atoms with E-state index in [1.165, 1.54) is 44.8 Å². The summed E-state index contributed by atoms with van der Waals surface area (Å²) in [6.45, 7) is 15.3. The first-order valence-corrected chi connectivity index (χ1v) is 20.0. The van der Waals surface area contributed by atoms with Crippen molar-refractivity contribution in [2.45, 2.75) is 130 Å². The predicted molar refractivity (Wildman–Crippen MR) is 221 cm³/mol. The third-order valence-corrected chi connectivity index (χ3v) is 11.5. The second-order valence-electron chi connectivity index (χ2n) is 15.4. The molecule has 60 heavy (non-hydrogen) atoms. The topological polar surface area (TPSA) is 220 Å². The number of rotatable bonds is 11. The van der Waals surface area contributed by atoms with E-state index in [1.807, 2.05) is 11.8 Å². The van der Waals surface area contributed by atoms with Crippen LogP contribution in [0.3, 0.4) is 0 Å². The maximum absolute atomic E-state index is 13.3. The van der Waals surface area contributed by atoms with E-state index in [9.17, 15) is 48.9 Å². The molecule has 16 heteroatoms. The number of ether oxygens (including phenoxy) is 2. The number of Topliss-reactive ketones (excluding diaryl/α,β-unsaturated/α-hetero) is 2. The van der Waals surface area contributed by atoms with Crippen LogP contribution in [0, 0.1) is 0 Å². The third kappa shape index (κ3) is 11.1. The number of allylic oxidation sites excluding steroid dienone is 2. The lowest BCUT2D eigenvalue weighted by atomic mass is 9.81. The number of benzene rings is 2. The van der Waals surface area contributed by atoms with E-state index in [-0.39, 0.29) is 46.9 Å². The number of phenolic OH excluding ortho intramolecular Hbond substituents is 2. The fourth-order valence-corrected chi connectivity index (χ4v) is 7.68. The molecule has 328 valence electrons. The summed E-state index contributed by atoms with van der Waals surface area (Å²) in [6, 6.07) is 6.27. The number of methoxy groups -OCH3 is 2. The van der Waals surface area contributed by atoms with Gasteiger partial charge in [-0.2, -0.15) is 0 Å². The maximum Gasteiger partial charge on any atom is 0.328 e. The first-order chi connectivity index (χ1) is 28.1. The summed E-state index contributed by atoms with van der Waals surface area (Å²) in [7, 11) is 2.58. The number of amides is 2. The molecular weight excluding hydrogens is 776 g/mol. The largest absolute Gasteiger partial charge is 0.508 e. The normalized spacial score (nSPS) is 19.1. The minimum absolute atomic E-state index is 0.00533. The van der Waals surface area contributed by atoms with Crippen molar-refractivity contribution in [3.8, 4) is 11.5 Å². The van der Waals surface area contributed by atoms with Crippen LogP contribution in [0.1, 0.15) is 109 Å². The molecule has 0 aromatic heterocycles. The van der Waals surface area contributed by atoms with Crippen LogP contribution in [0.25, 0.3) is 0 Å². The number of carbonyl (C=O) groups excluding carboxylic acids is 6. The van der Waals surface area contributed by atoms with Gasteiger partial charge in [0.25, 0.3) is 5.91 Å². The minimum Gasteiger partial charge on any atom is -0.508 e. The molecular formula is C44H60N4O12. The number of esters is 2. The number of carboxylic acids is 1. The van der Waals surface area contributed by atoms with Gasteiger partial charge in [0, 0.05) is 17.9 Å². The molecule has 2 aromatic rings. The maximum atomic E-state index is 13.3. The van der Waals surface area contributed by atoms with Crippen LogP contribution >= 0.6 is 0 Å². The second-order valence-corrected chi connectivity index (χ2v) is 15.4. The van der Waals surface area contributed by atoms with Gasteiger partial charge in [0.1, 0.15) is 41.4 Å². The van der Waals surface area contributed by atoms with E-state index in [2.05, 4.69) is 10.1 Å². The van der Waals surface area contributed by atoms with Crippen LogP contribution < -0.4 is 5.32 Å². The average molecular weight is 837 g/mol. The number of phenols is 2. The standard InChI is InChI=1S/C19H25NO5.C17H20N2O4.C8H15NO3/c1-11(13(3)21)20(12(2)19(24)25-4)18(23)17-7-5-6-14-10-15(22)8-9-16(14)17;1-9-10(2)19(11(3)17(22)23)16(21)15-14-5-4-13(20)8-12(14)6-7-18(9)15;1-5(7(3)10)9-6(2)8(11)12-4/h8-12,17,22H,5-7H2,1-4H3;4-5,8,11,15,20H,6-7H2,1-3H3,(H,22,23);5-6,9H,1-4H3.